The molecule has 0 radical (unpaired) electrons. The van der Waals surface area contributed by atoms with Gasteiger partial charge in [-0.25, -0.2) is 4.98 Å². The number of amides is 2. The Bertz CT molecular complexity index is 1120. The van der Waals surface area contributed by atoms with Crippen molar-refractivity contribution in [1.82, 2.24) is 15.8 Å². The molecule has 0 aliphatic heterocycles. The second kappa shape index (κ2) is 8.65. The number of fused-ring (bicyclic) bond motifs is 2. The smallest absolute Gasteiger partial charge is 0.280 e. The summed E-state index contributed by atoms with van der Waals surface area (Å²) in [5.74, 6) is -0.752. The van der Waals surface area contributed by atoms with Gasteiger partial charge in [0.1, 0.15) is 4.83 Å². The minimum absolute atomic E-state index is 0.0710. The number of nitrogens with one attached hydrogen (secondary N) is 2. The number of thiophene rings is 2. The molecule has 30 heavy (non-hydrogen) atoms. The molecule has 156 valence electrons. The second-order valence-corrected chi connectivity index (χ2v) is 9.71. The highest BCUT2D eigenvalue weighted by Crippen LogP contribution is 2.30. The van der Waals surface area contributed by atoms with Gasteiger partial charge in [-0.1, -0.05) is 12.8 Å². The van der Waals surface area contributed by atoms with Crippen molar-refractivity contribution >= 4 is 50.5 Å². The maximum absolute atomic E-state index is 12.7. The van der Waals surface area contributed by atoms with Gasteiger partial charge in [-0.05, 0) is 62.8 Å². The zero-order valence-corrected chi connectivity index (χ0v) is 18.6. The van der Waals surface area contributed by atoms with E-state index in [1.165, 1.54) is 59.1 Å². The number of carbonyl (C=O) groups excluding carboxylic acids is 3. The summed E-state index contributed by atoms with van der Waals surface area (Å²) in [5.41, 5.74) is 7.59. The average molecular weight is 442 g/mol. The van der Waals surface area contributed by atoms with E-state index in [0.29, 0.717) is 20.1 Å². The molecule has 0 saturated carbocycles. The number of pyridine rings is 1. The number of hydrogen-bond donors (Lipinski definition) is 2. The fourth-order valence-electron chi connectivity index (χ4n) is 3.69. The summed E-state index contributed by atoms with van der Waals surface area (Å²) >= 11 is 2.77. The Kier molecular flexibility index (Phi) is 5.97. The fraction of sp³-hybridized carbons (Fsp3) is 0.364. The third-order valence-electron chi connectivity index (χ3n) is 5.42. The van der Waals surface area contributed by atoms with Gasteiger partial charge >= 0.3 is 0 Å². The van der Waals surface area contributed by atoms with Gasteiger partial charge in [-0.15, -0.1) is 22.7 Å². The van der Waals surface area contributed by atoms with Gasteiger partial charge in [0.15, 0.2) is 5.78 Å². The van der Waals surface area contributed by atoms with E-state index in [1.54, 1.807) is 6.07 Å². The van der Waals surface area contributed by atoms with Gasteiger partial charge in [0, 0.05) is 22.0 Å². The van der Waals surface area contributed by atoms with Crippen LogP contribution in [0.15, 0.2) is 18.3 Å². The van der Waals surface area contributed by atoms with E-state index >= 15 is 0 Å². The van der Waals surface area contributed by atoms with Gasteiger partial charge in [-0.2, -0.15) is 0 Å². The number of nitrogens with zero attached hydrogens (tertiary/aromatic N) is 1. The molecular formula is C22H23N3O3S2. The zero-order valence-electron chi connectivity index (χ0n) is 17.0. The molecule has 2 amide bonds. The van der Waals surface area contributed by atoms with Gasteiger partial charge in [-0.3, -0.25) is 25.2 Å². The van der Waals surface area contributed by atoms with E-state index in [9.17, 15) is 14.4 Å². The van der Waals surface area contributed by atoms with E-state index in [4.69, 9.17) is 0 Å². The van der Waals surface area contributed by atoms with Crippen LogP contribution in [0.4, 0.5) is 0 Å². The quantitative estimate of drug-likeness (QED) is 0.459. The molecule has 1 aliphatic carbocycles. The molecule has 3 heterocycles. The molecule has 6 nitrogen and oxygen atoms in total. The Hall–Kier alpha value is -2.58. The number of hydrazine groups is 1. The SMILES string of the molecule is CC(=O)c1cnc2sc(C(=O)NNC(=O)c3cc4c(s3)CCCCCC4)c(C)c2c1. The van der Waals surface area contributed by atoms with Crippen LogP contribution in [0, 0.1) is 6.92 Å². The fourth-order valence-corrected chi connectivity index (χ4v) is 5.87. The summed E-state index contributed by atoms with van der Waals surface area (Å²) in [7, 11) is 0. The molecule has 0 saturated heterocycles. The van der Waals surface area contributed by atoms with E-state index in [1.807, 2.05) is 13.0 Å². The Balaban J connectivity index is 1.47. The molecule has 0 atom stereocenters. The van der Waals surface area contributed by atoms with Crippen molar-refractivity contribution in [3.8, 4) is 0 Å². The lowest BCUT2D eigenvalue weighted by Gasteiger charge is -2.07. The van der Waals surface area contributed by atoms with Gasteiger partial charge in [0.2, 0.25) is 0 Å². The number of ketones is 1. The standard InChI is InChI=1S/C22H23N3O3S2/c1-12-16-9-15(13(2)26)11-23-22(16)30-19(12)21(28)25-24-20(27)18-10-14-7-5-3-4-6-8-17(14)29-18/h9-11H,3-8H2,1-2H3,(H,24,27)(H,25,28). The summed E-state index contributed by atoms with van der Waals surface area (Å²) in [6, 6.07) is 3.72. The normalized spacial score (nSPS) is 13.9. The summed E-state index contributed by atoms with van der Waals surface area (Å²) in [6.07, 6.45) is 8.36. The topological polar surface area (TPSA) is 88.2 Å². The first kappa shape index (κ1) is 20.7. The molecule has 4 rings (SSSR count). The molecule has 8 heteroatoms. The van der Waals surface area contributed by atoms with Gasteiger partial charge in [0.05, 0.1) is 9.75 Å². The predicted molar refractivity (Wildman–Crippen MR) is 119 cm³/mol. The molecular weight excluding hydrogens is 418 g/mol. The highest BCUT2D eigenvalue weighted by molar-refractivity contribution is 7.20. The van der Waals surface area contributed by atoms with E-state index < -0.39 is 0 Å². The van der Waals surface area contributed by atoms with Crippen LogP contribution in [0.2, 0.25) is 0 Å². The number of aryl methyl sites for hydroxylation is 3. The van der Waals surface area contributed by atoms with Gasteiger partial charge in [0.25, 0.3) is 11.8 Å². The van der Waals surface area contributed by atoms with Crippen molar-refractivity contribution in [3.63, 3.8) is 0 Å². The molecule has 0 unspecified atom stereocenters. The van der Waals surface area contributed by atoms with Crippen molar-refractivity contribution in [3.05, 3.63) is 49.7 Å². The largest absolute Gasteiger partial charge is 0.294 e. The van der Waals surface area contributed by atoms with Crippen LogP contribution < -0.4 is 10.9 Å². The minimum Gasteiger partial charge on any atom is -0.294 e. The monoisotopic (exact) mass is 441 g/mol. The lowest BCUT2D eigenvalue weighted by molar-refractivity contribution is 0.0851. The van der Waals surface area contributed by atoms with Gasteiger partial charge < -0.3 is 0 Å². The van der Waals surface area contributed by atoms with Crippen molar-refractivity contribution in [1.29, 1.82) is 0 Å². The number of rotatable bonds is 3. The average Bonchev–Trinajstić information content (AvgIpc) is 3.26. The predicted octanol–water partition coefficient (Wildman–Crippen LogP) is 4.60. The lowest BCUT2D eigenvalue weighted by Crippen LogP contribution is -2.41. The van der Waals surface area contributed by atoms with Crippen LogP contribution in [0.3, 0.4) is 0 Å². The van der Waals surface area contributed by atoms with Crippen LogP contribution >= 0.6 is 22.7 Å². The molecule has 0 bridgehead atoms. The first-order chi connectivity index (χ1) is 14.4. The molecule has 1 aliphatic rings. The Morgan fingerprint density at radius 2 is 1.70 bits per heavy atom. The van der Waals surface area contributed by atoms with Crippen LogP contribution in [0.1, 0.15) is 78.3 Å². The summed E-state index contributed by atoms with van der Waals surface area (Å²) < 4.78 is 0. The third kappa shape index (κ3) is 4.15. The maximum Gasteiger partial charge on any atom is 0.280 e. The highest BCUT2D eigenvalue weighted by Gasteiger charge is 2.20. The second-order valence-electron chi connectivity index (χ2n) is 7.57. The number of carbonyl (C=O) groups is 3. The number of hydrogen-bond acceptors (Lipinski definition) is 6. The van der Waals surface area contributed by atoms with Crippen LogP contribution in [0.25, 0.3) is 10.2 Å². The summed E-state index contributed by atoms with van der Waals surface area (Å²) in [6.45, 7) is 3.31. The van der Waals surface area contributed by atoms with Crippen molar-refractivity contribution < 1.29 is 14.4 Å². The summed E-state index contributed by atoms with van der Waals surface area (Å²) in [4.78, 5) is 44.2. The number of aromatic nitrogens is 1. The highest BCUT2D eigenvalue weighted by atomic mass is 32.1. The minimum atomic E-state index is -0.386. The first-order valence-corrected chi connectivity index (χ1v) is 11.7. The van der Waals surface area contributed by atoms with Crippen LogP contribution in [-0.4, -0.2) is 22.6 Å². The molecule has 2 N–H and O–H groups in total. The lowest BCUT2D eigenvalue weighted by atomic mass is 10.00. The zero-order chi connectivity index (χ0) is 21.3. The summed E-state index contributed by atoms with van der Waals surface area (Å²) in [5, 5.41) is 0.780. The molecule has 3 aromatic heterocycles. The van der Waals surface area contributed by atoms with Crippen molar-refractivity contribution in [2.24, 2.45) is 0 Å². The first-order valence-electron chi connectivity index (χ1n) is 10.1. The molecule has 3 aromatic rings. The van der Waals surface area contributed by atoms with Crippen molar-refractivity contribution in [2.75, 3.05) is 0 Å². The van der Waals surface area contributed by atoms with Crippen molar-refractivity contribution in [2.45, 2.75) is 52.4 Å². The van der Waals surface area contributed by atoms with E-state index in [-0.39, 0.29) is 17.6 Å². The molecule has 0 spiro atoms. The van der Waals surface area contributed by atoms with Crippen LogP contribution in [0.5, 0.6) is 0 Å². The third-order valence-corrected chi connectivity index (χ3v) is 7.87. The van der Waals surface area contributed by atoms with Crippen LogP contribution in [-0.2, 0) is 12.8 Å². The van der Waals surface area contributed by atoms with E-state index in [2.05, 4.69) is 15.8 Å². The Morgan fingerprint density at radius 1 is 0.967 bits per heavy atom. The van der Waals surface area contributed by atoms with E-state index in [0.717, 1.165) is 36.6 Å². The Labute approximate surface area is 182 Å². The number of Topliss-reactive ketones (excluding diaryl/α,β-unsaturated/α-hetero) is 1. The maximum atomic E-state index is 12.7. The molecule has 0 aromatic carbocycles. The molecule has 0 fully saturated rings. The Morgan fingerprint density at radius 3 is 2.47 bits per heavy atom.